The van der Waals surface area contributed by atoms with E-state index in [1.165, 1.54) is 4.88 Å². The first-order valence-corrected chi connectivity index (χ1v) is 9.74. The third kappa shape index (κ3) is 6.59. The van der Waals surface area contributed by atoms with Crippen LogP contribution in [0, 0.1) is 0 Å². The van der Waals surface area contributed by atoms with Gasteiger partial charge in [-0.05, 0) is 32.9 Å². The molecule has 1 aromatic rings. The van der Waals surface area contributed by atoms with Crippen molar-refractivity contribution in [2.24, 2.45) is 4.99 Å². The van der Waals surface area contributed by atoms with E-state index in [9.17, 15) is 0 Å². The summed E-state index contributed by atoms with van der Waals surface area (Å²) in [6.45, 7) is 13.5. The highest BCUT2D eigenvalue weighted by atomic mass is 35.5. The molecule has 2 rings (SSSR count). The molecule has 136 valence electrons. The van der Waals surface area contributed by atoms with Crippen LogP contribution in [-0.2, 0) is 6.54 Å². The fourth-order valence-corrected chi connectivity index (χ4v) is 3.85. The second-order valence-corrected chi connectivity index (χ2v) is 8.92. The van der Waals surface area contributed by atoms with Gasteiger partial charge in [0.05, 0.1) is 4.34 Å². The molecule has 1 saturated heterocycles. The Bertz CT molecular complexity index is 529. The Balaban J connectivity index is 1.71. The molecule has 1 aliphatic rings. The average Bonchev–Trinajstić information content (AvgIpc) is 2.92. The Hall–Kier alpha value is -0.820. The van der Waals surface area contributed by atoms with Crippen molar-refractivity contribution in [1.29, 1.82) is 0 Å². The zero-order chi connectivity index (χ0) is 17.6. The number of hydrogen-bond donors (Lipinski definition) is 2. The van der Waals surface area contributed by atoms with Crippen LogP contribution >= 0.6 is 22.9 Å². The number of aliphatic imine (C=N–C) groups is 1. The molecular formula is C17H30ClN5S. The zero-order valence-corrected chi connectivity index (χ0v) is 16.8. The Labute approximate surface area is 155 Å². The summed E-state index contributed by atoms with van der Waals surface area (Å²) in [6, 6.07) is 4.11. The van der Waals surface area contributed by atoms with Gasteiger partial charge in [-0.1, -0.05) is 11.6 Å². The van der Waals surface area contributed by atoms with Crippen LogP contribution in [0.15, 0.2) is 17.1 Å². The molecule has 1 fully saturated rings. The lowest BCUT2D eigenvalue weighted by atomic mass is 10.1. The number of guanidine groups is 1. The van der Waals surface area contributed by atoms with E-state index in [0.717, 1.165) is 56.1 Å². The number of thiophene rings is 1. The molecule has 0 aliphatic carbocycles. The highest BCUT2D eigenvalue weighted by Crippen LogP contribution is 2.23. The highest BCUT2D eigenvalue weighted by molar-refractivity contribution is 7.16. The van der Waals surface area contributed by atoms with Gasteiger partial charge in [-0.2, -0.15) is 0 Å². The van der Waals surface area contributed by atoms with Crippen LogP contribution in [0.1, 0.15) is 25.6 Å². The van der Waals surface area contributed by atoms with Crippen LogP contribution in [0.3, 0.4) is 0 Å². The van der Waals surface area contributed by atoms with Crippen LogP contribution in [0.25, 0.3) is 0 Å². The summed E-state index contributed by atoms with van der Waals surface area (Å²) in [7, 11) is 1.86. The average molecular weight is 372 g/mol. The van der Waals surface area contributed by atoms with Gasteiger partial charge in [0.2, 0.25) is 0 Å². The lowest BCUT2D eigenvalue weighted by Crippen LogP contribution is -2.53. The molecule has 1 aromatic heterocycles. The van der Waals surface area contributed by atoms with Crippen molar-refractivity contribution < 1.29 is 0 Å². The van der Waals surface area contributed by atoms with E-state index >= 15 is 0 Å². The molecule has 0 atom stereocenters. The van der Waals surface area contributed by atoms with E-state index in [0.29, 0.717) is 0 Å². The first kappa shape index (κ1) is 19.5. The summed E-state index contributed by atoms with van der Waals surface area (Å²) in [5.41, 5.74) is 0.154. The molecule has 24 heavy (non-hydrogen) atoms. The van der Waals surface area contributed by atoms with Crippen LogP contribution in [0.2, 0.25) is 4.34 Å². The van der Waals surface area contributed by atoms with Gasteiger partial charge in [0.25, 0.3) is 0 Å². The molecule has 0 saturated carbocycles. The fraction of sp³-hybridized carbons (Fsp3) is 0.706. The fourth-order valence-electron chi connectivity index (χ4n) is 2.72. The smallest absolute Gasteiger partial charge is 0.193 e. The van der Waals surface area contributed by atoms with Crippen molar-refractivity contribution in [3.63, 3.8) is 0 Å². The first-order valence-electron chi connectivity index (χ1n) is 8.54. The number of halogens is 1. The van der Waals surface area contributed by atoms with E-state index in [1.807, 2.05) is 13.1 Å². The quantitative estimate of drug-likeness (QED) is 0.474. The Morgan fingerprint density at radius 2 is 1.92 bits per heavy atom. The standard InChI is InChI=1S/C17H30ClN5S/c1-17(2,3)21-8-7-20-16(19-4)23-11-9-22(10-12-23)13-14-5-6-15(18)24-14/h5-6,21H,7-13H2,1-4H3,(H,19,20). The van der Waals surface area contributed by atoms with E-state index in [-0.39, 0.29) is 5.54 Å². The van der Waals surface area contributed by atoms with Crippen LogP contribution in [0.4, 0.5) is 0 Å². The van der Waals surface area contributed by atoms with Crippen molar-refractivity contribution in [2.45, 2.75) is 32.9 Å². The van der Waals surface area contributed by atoms with Gasteiger partial charge in [0.15, 0.2) is 5.96 Å². The molecule has 0 aromatic carbocycles. The Kier molecular flexibility index (Phi) is 7.34. The largest absolute Gasteiger partial charge is 0.355 e. The number of hydrogen-bond acceptors (Lipinski definition) is 4. The van der Waals surface area contributed by atoms with Crippen molar-refractivity contribution in [3.8, 4) is 0 Å². The molecule has 1 aliphatic heterocycles. The first-order chi connectivity index (χ1) is 11.4. The van der Waals surface area contributed by atoms with Gasteiger partial charge in [-0.15, -0.1) is 11.3 Å². The Morgan fingerprint density at radius 3 is 2.46 bits per heavy atom. The molecule has 0 spiro atoms. The normalized spacial score (nSPS) is 17.4. The van der Waals surface area contributed by atoms with Crippen molar-refractivity contribution in [3.05, 3.63) is 21.3 Å². The van der Waals surface area contributed by atoms with E-state index < -0.39 is 0 Å². The Morgan fingerprint density at radius 1 is 1.21 bits per heavy atom. The maximum atomic E-state index is 6.01. The van der Waals surface area contributed by atoms with Crippen LogP contribution in [0.5, 0.6) is 0 Å². The highest BCUT2D eigenvalue weighted by Gasteiger charge is 2.20. The SMILES string of the molecule is CN=C(NCCNC(C)(C)C)N1CCN(Cc2ccc(Cl)s2)CC1. The maximum Gasteiger partial charge on any atom is 0.193 e. The van der Waals surface area contributed by atoms with Crippen LogP contribution < -0.4 is 10.6 Å². The molecule has 2 heterocycles. The van der Waals surface area contributed by atoms with Gasteiger partial charge >= 0.3 is 0 Å². The molecular weight excluding hydrogens is 342 g/mol. The van der Waals surface area contributed by atoms with Gasteiger partial charge in [0.1, 0.15) is 0 Å². The van der Waals surface area contributed by atoms with Gasteiger partial charge in [-0.25, -0.2) is 0 Å². The lowest BCUT2D eigenvalue weighted by molar-refractivity contribution is 0.173. The minimum Gasteiger partial charge on any atom is -0.355 e. The number of rotatable bonds is 5. The summed E-state index contributed by atoms with van der Waals surface area (Å²) in [6.07, 6.45) is 0. The van der Waals surface area contributed by atoms with Gasteiger partial charge in [-0.3, -0.25) is 9.89 Å². The van der Waals surface area contributed by atoms with E-state index in [4.69, 9.17) is 11.6 Å². The summed E-state index contributed by atoms with van der Waals surface area (Å²) in [5, 5.41) is 6.95. The van der Waals surface area contributed by atoms with Gasteiger partial charge < -0.3 is 15.5 Å². The second kappa shape index (κ2) is 9.04. The van der Waals surface area contributed by atoms with Crippen molar-refractivity contribution in [2.75, 3.05) is 46.3 Å². The molecule has 0 radical (unpaired) electrons. The maximum absolute atomic E-state index is 6.01. The van der Waals surface area contributed by atoms with E-state index in [1.54, 1.807) is 11.3 Å². The topological polar surface area (TPSA) is 42.9 Å². The summed E-state index contributed by atoms with van der Waals surface area (Å²) >= 11 is 7.69. The predicted molar refractivity (Wildman–Crippen MR) is 105 cm³/mol. The number of nitrogens with one attached hydrogen (secondary N) is 2. The predicted octanol–water partition coefficient (Wildman–Crippen LogP) is 2.48. The zero-order valence-electron chi connectivity index (χ0n) is 15.2. The molecule has 7 heteroatoms. The summed E-state index contributed by atoms with van der Waals surface area (Å²) in [4.78, 5) is 10.6. The molecule has 0 bridgehead atoms. The lowest BCUT2D eigenvalue weighted by Gasteiger charge is -2.36. The van der Waals surface area contributed by atoms with Crippen molar-refractivity contribution in [1.82, 2.24) is 20.4 Å². The number of piperazine rings is 1. The summed E-state index contributed by atoms with van der Waals surface area (Å²) in [5.74, 6) is 1.00. The van der Waals surface area contributed by atoms with Crippen LogP contribution in [-0.4, -0.2) is 67.6 Å². The molecule has 0 amide bonds. The monoisotopic (exact) mass is 371 g/mol. The summed E-state index contributed by atoms with van der Waals surface area (Å²) < 4.78 is 0.872. The third-order valence-corrected chi connectivity index (χ3v) is 5.17. The van der Waals surface area contributed by atoms with Crippen molar-refractivity contribution >= 4 is 28.9 Å². The molecule has 2 N–H and O–H groups in total. The van der Waals surface area contributed by atoms with E-state index in [2.05, 4.69) is 52.3 Å². The minimum absolute atomic E-state index is 0.154. The molecule has 5 nitrogen and oxygen atoms in total. The third-order valence-electron chi connectivity index (χ3n) is 3.96. The van der Waals surface area contributed by atoms with Gasteiger partial charge in [0, 0.05) is 63.3 Å². The molecule has 0 unspecified atom stereocenters. The second-order valence-electron chi connectivity index (χ2n) is 7.12. The number of nitrogens with zero attached hydrogens (tertiary/aromatic N) is 3. The minimum atomic E-state index is 0.154.